The molecule has 0 unspecified atom stereocenters. The van der Waals surface area contributed by atoms with Crippen LogP contribution in [0.25, 0.3) is 0 Å². The van der Waals surface area contributed by atoms with Crippen molar-refractivity contribution in [3.63, 3.8) is 0 Å². The van der Waals surface area contributed by atoms with Crippen molar-refractivity contribution in [1.29, 1.82) is 0 Å². The van der Waals surface area contributed by atoms with Crippen molar-refractivity contribution in [2.24, 2.45) is 5.92 Å². The second-order valence-electron chi connectivity index (χ2n) is 5.56. The fraction of sp³-hybridized carbons (Fsp3) is 0.714. The Kier molecular flexibility index (Phi) is 7.36. The zero-order chi connectivity index (χ0) is 15.8. The van der Waals surface area contributed by atoms with Gasteiger partial charge in [0, 0.05) is 6.54 Å². The number of aromatic nitrogens is 2. The molecule has 0 saturated heterocycles. The standard InChI is InChI=1S/C14H23ClN4O2/c1-10(2)8-6-4-5-7-9-16-13-12(19(20)21)11(3)17-14(15)18-13/h10H,4-9H2,1-3H3,(H,16,17,18). The van der Waals surface area contributed by atoms with E-state index in [-0.39, 0.29) is 22.5 Å². The fourth-order valence-electron chi connectivity index (χ4n) is 2.11. The number of nitro groups is 1. The molecule has 1 aromatic heterocycles. The fourth-order valence-corrected chi connectivity index (χ4v) is 2.32. The van der Waals surface area contributed by atoms with Crippen molar-refractivity contribution < 1.29 is 4.92 Å². The van der Waals surface area contributed by atoms with E-state index >= 15 is 0 Å². The predicted molar refractivity (Wildman–Crippen MR) is 84.8 cm³/mol. The average Bonchev–Trinajstić information content (AvgIpc) is 2.35. The second-order valence-corrected chi connectivity index (χ2v) is 5.89. The molecule has 1 N–H and O–H groups in total. The van der Waals surface area contributed by atoms with Gasteiger partial charge in [-0.3, -0.25) is 10.1 Å². The molecule has 0 aromatic carbocycles. The van der Waals surface area contributed by atoms with E-state index in [1.54, 1.807) is 6.92 Å². The van der Waals surface area contributed by atoms with Gasteiger partial charge in [-0.25, -0.2) is 4.98 Å². The summed E-state index contributed by atoms with van der Waals surface area (Å²) in [6, 6.07) is 0. The van der Waals surface area contributed by atoms with E-state index in [0.717, 1.165) is 18.8 Å². The van der Waals surface area contributed by atoms with Crippen molar-refractivity contribution >= 4 is 23.1 Å². The maximum Gasteiger partial charge on any atom is 0.332 e. The van der Waals surface area contributed by atoms with Crippen LogP contribution in [0.5, 0.6) is 0 Å². The van der Waals surface area contributed by atoms with Gasteiger partial charge in [0.05, 0.1) is 4.92 Å². The summed E-state index contributed by atoms with van der Waals surface area (Å²) >= 11 is 5.75. The highest BCUT2D eigenvalue weighted by Crippen LogP contribution is 2.26. The molecule has 1 aromatic rings. The molecule has 1 rings (SSSR count). The number of nitrogens with zero attached hydrogens (tertiary/aromatic N) is 3. The van der Waals surface area contributed by atoms with Crippen molar-refractivity contribution in [3.05, 3.63) is 21.1 Å². The van der Waals surface area contributed by atoms with E-state index in [1.807, 2.05) is 0 Å². The monoisotopic (exact) mass is 314 g/mol. The zero-order valence-corrected chi connectivity index (χ0v) is 13.6. The molecule has 0 aliphatic heterocycles. The molecule has 0 amide bonds. The largest absolute Gasteiger partial charge is 0.364 e. The third-order valence-corrected chi connectivity index (χ3v) is 3.38. The Bertz CT molecular complexity index is 480. The zero-order valence-electron chi connectivity index (χ0n) is 12.9. The smallest absolute Gasteiger partial charge is 0.332 e. The van der Waals surface area contributed by atoms with Gasteiger partial charge in [0.25, 0.3) is 0 Å². The van der Waals surface area contributed by atoms with E-state index in [1.165, 1.54) is 19.3 Å². The van der Waals surface area contributed by atoms with E-state index in [4.69, 9.17) is 11.6 Å². The first-order valence-electron chi connectivity index (χ1n) is 7.34. The van der Waals surface area contributed by atoms with Crippen molar-refractivity contribution in [3.8, 4) is 0 Å². The highest BCUT2D eigenvalue weighted by molar-refractivity contribution is 6.28. The number of halogens is 1. The van der Waals surface area contributed by atoms with Crippen LogP contribution in [0.3, 0.4) is 0 Å². The highest BCUT2D eigenvalue weighted by Gasteiger charge is 2.21. The molecule has 0 aliphatic carbocycles. The SMILES string of the molecule is Cc1nc(Cl)nc(NCCCCCCC(C)C)c1[N+](=O)[O-]. The van der Waals surface area contributed by atoms with Gasteiger partial charge in [0.15, 0.2) is 0 Å². The quantitative estimate of drug-likeness (QED) is 0.317. The Morgan fingerprint density at radius 1 is 1.24 bits per heavy atom. The van der Waals surface area contributed by atoms with Crippen LogP contribution >= 0.6 is 11.6 Å². The van der Waals surface area contributed by atoms with Gasteiger partial charge in [0.1, 0.15) is 5.69 Å². The molecule has 0 bridgehead atoms. The molecule has 0 spiro atoms. The number of hydrogen-bond acceptors (Lipinski definition) is 5. The molecule has 1 heterocycles. The lowest BCUT2D eigenvalue weighted by Crippen LogP contribution is -2.09. The molecule has 0 radical (unpaired) electrons. The molecular formula is C14H23ClN4O2. The number of rotatable bonds is 9. The third kappa shape index (κ3) is 6.25. The van der Waals surface area contributed by atoms with Crippen molar-refractivity contribution in [1.82, 2.24) is 9.97 Å². The van der Waals surface area contributed by atoms with E-state index in [2.05, 4.69) is 29.1 Å². The average molecular weight is 315 g/mol. The Morgan fingerprint density at radius 3 is 2.52 bits per heavy atom. The molecule has 0 fully saturated rings. The highest BCUT2D eigenvalue weighted by atomic mass is 35.5. The summed E-state index contributed by atoms with van der Waals surface area (Å²) < 4.78 is 0. The van der Waals surface area contributed by atoms with Crippen LogP contribution in [0.1, 0.15) is 51.6 Å². The maximum absolute atomic E-state index is 11.0. The topological polar surface area (TPSA) is 81.0 Å². The summed E-state index contributed by atoms with van der Waals surface area (Å²) in [6.07, 6.45) is 5.72. The molecule has 6 nitrogen and oxygen atoms in total. The Hall–Kier alpha value is -1.43. The summed E-state index contributed by atoms with van der Waals surface area (Å²) in [4.78, 5) is 18.3. The van der Waals surface area contributed by atoms with Gasteiger partial charge in [-0.1, -0.05) is 39.5 Å². The van der Waals surface area contributed by atoms with E-state index < -0.39 is 4.92 Å². The van der Waals surface area contributed by atoms with Crippen LogP contribution in [0.15, 0.2) is 0 Å². The minimum Gasteiger partial charge on any atom is -0.364 e. The normalized spacial score (nSPS) is 10.9. The first kappa shape index (κ1) is 17.6. The molecule has 118 valence electrons. The van der Waals surface area contributed by atoms with Crippen LogP contribution in [-0.2, 0) is 0 Å². The minimum absolute atomic E-state index is 0.0255. The van der Waals surface area contributed by atoms with Crippen LogP contribution in [0.4, 0.5) is 11.5 Å². The van der Waals surface area contributed by atoms with Gasteiger partial charge in [-0.15, -0.1) is 0 Å². The summed E-state index contributed by atoms with van der Waals surface area (Å²) in [5.41, 5.74) is 0.179. The third-order valence-electron chi connectivity index (χ3n) is 3.21. The molecule has 0 saturated carbocycles. The number of unbranched alkanes of at least 4 members (excludes halogenated alkanes) is 3. The lowest BCUT2D eigenvalue weighted by Gasteiger charge is -2.08. The molecule has 0 aliphatic rings. The van der Waals surface area contributed by atoms with E-state index in [9.17, 15) is 10.1 Å². The number of nitrogens with one attached hydrogen (secondary N) is 1. The molecule has 7 heteroatoms. The Morgan fingerprint density at radius 2 is 1.90 bits per heavy atom. The Labute approximate surface area is 130 Å². The van der Waals surface area contributed by atoms with Gasteiger partial charge >= 0.3 is 5.69 Å². The van der Waals surface area contributed by atoms with Crippen LogP contribution in [-0.4, -0.2) is 21.4 Å². The first-order chi connectivity index (χ1) is 9.91. The number of aryl methyl sites for hydroxylation is 1. The van der Waals surface area contributed by atoms with Crippen LogP contribution in [0, 0.1) is 23.0 Å². The molecule has 0 atom stereocenters. The summed E-state index contributed by atoms with van der Waals surface area (Å²) in [7, 11) is 0. The van der Waals surface area contributed by atoms with Gasteiger partial charge in [-0.2, -0.15) is 4.98 Å². The van der Waals surface area contributed by atoms with Crippen molar-refractivity contribution in [2.45, 2.75) is 52.9 Å². The maximum atomic E-state index is 11.0. The predicted octanol–water partition coefficient (Wildman–Crippen LogP) is 4.37. The summed E-state index contributed by atoms with van der Waals surface area (Å²) in [5.74, 6) is 0.955. The number of anilines is 1. The summed E-state index contributed by atoms with van der Waals surface area (Å²) in [5, 5.41) is 14.1. The Balaban J connectivity index is 2.43. The summed E-state index contributed by atoms with van der Waals surface area (Å²) in [6.45, 7) is 6.65. The minimum atomic E-state index is -0.476. The second kappa shape index (κ2) is 8.77. The molecular weight excluding hydrogens is 292 g/mol. The lowest BCUT2D eigenvalue weighted by molar-refractivity contribution is -0.385. The van der Waals surface area contributed by atoms with Crippen LogP contribution < -0.4 is 5.32 Å². The van der Waals surface area contributed by atoms with Gasteiger partial charge in [-0.05, 0) is 30.9 Å². The van der Waals surface area contributed by atoms with Gasteiger partial charge in [0.2, 0.25) is 11.1 Å². The van der Waals surface area contributed by atoms with Crippen LogP contribution in [0.2, 0.25) is 5.28 Å². The van der Waals surface area contributed by atoms with Crippen molar-refractivity contribution in [2.75, 3.05) is 11.9 Å². The van der Waals surface area contributed by atoms with Gasteiger partial charge < -0.3 is 5.32 Å². The first-order valence-corrected chi connectivity index (χ1v) is 7.72. The number of hydrogen-bond donors (Lipinski definition) is 1. The molecule has 21 heavy (non-hydrogen) atoms. The lowest BCUT2D eigenvalue weighted by atomic mass is 10.0. The van der Waals surface area contributed by atoms with E-state index in [0.29, 0.717) is 6.54 Å².